The topological polar surface area (TPSA) is 38.0 Å². The summed E-state index contributed by atoms with van der Waals surface area (Å²) in [5.41, 5.74) is 0.746. The summed E-state index contributed by atoms with van der Waals surface area (Å²) >= 11 is 0. The first-order valence-electron chi connectivity index (χ1n) is 4.31. The summed E-state index contributed by atoms with van der Waals surface area (Å²) in [6.07, 6.45) is 1.45. The molecule has 3 heteroatoms. The lowest BCUT2D eigenvalue weighted by molar-refractivity contribution is 0.193. The second-order valence-electron chi connectivity index (χ2n) is 3.53. The van der Waals surface area contributed by atoms with Crippen molar-refractivity contribution < 1.29 is 5.11 Å². The zero-order valence-electron chi connectivity index (χ0n) is 7.86. The molecule has 3 nitrogen and oxygen atoms in total. The van der Waals surface area contributed by atoms with Crippen molar-refractivity contribution >= 4 is 0 Å². The fourth-order valence-electron chi connectivity index (χ4n) is 1.08. The second kappa shape index (κ2) is 3.72. The highest BCUT2D eigenvalue weighted by atomic mass is 16.3. The van der Waals surface area contributed by atoms with E-state index in [0.29, 0.717) is 5.92 Å². The molecule has 0 saturated heterocycles. The van der Waals surface area contributed by atoms with Gasteiger partial charge in [0.15, 0.2) is 0 Å². The van der Waals surface area contributed by atoms with E-state index in [1.807, 2.05) is 16.9 Å². The molecule has 68 valence electrons. The molecule has 0 fully saturated rings. The summed E-state index contributed by atoms with van der Waals surface area (Å²) in [6.45, 7) is 6.92. The highest BCUT2D eigenvalue weighted by Gasteiger charge is 2.04. The van der Waals surface area contributed by atoms with Crippen molar-refractivity contribution in [3.63, 3.8) is 0 Å². The van der Waals surface area contributed by atoms with Gasteiger partial charge in [-0.2, -0.15) is 5.10 Å². The minimum atomic E-state index is -0.460. The Bertz CT molecular complexity index is 240. The van der Waals surface area contributed by atoms with Crippen molar-refractivity contribution in [3.8, 4) is 0 Å². The third kappa shape index (κ3) is 2.34. The minimum absolute atomic E-state index is 0.460. The minimum Gasteiger partial charge on any atom is -0.387 e. The van der Waals surface area contributed by atoms with E-state index in [-0.39, 0.29) is 0 Å². The first-order chi connectivity index (χ1) is 5.59. The number of aliphatic hydroxyl groups excluding tert-OH is 1. The predicted molar refractivity (Wildman–Crippen MR) is 47.7 cm³/mol. The first kappa shape index (κ1) is 9.26. The van der Waals surface area contributed by atoms with E-state index >= 15 is 0 Å². The maximum Gasteiger partial charge on any atom is 0.0950 e. The molecular weight excluding hydrogens is 152 g/mol. The summed E-state index contributed by atoms with van der Waals surface area (Å²) in [6, 6.07) is 1.85. The largest absolute Gasteiger partial charge is 0.387 e. The summed E-state index contributed by atoms with van der Waals surface area (Å²) < 4.78 is 1.87. The Hall–Kier alpha value is -0.830. The van der Waals surface area contributed by atoms with E-state index in [1.165, 1.54) is 0 Å². The van der Waals surface area contributed by atoms with E-state index in [4.69, 9.17) is 0 Å². The molecule has 1 aromatic rings. The number of aliphatic hydroxyl groups is 1. The summed E-state index contributed by atoms with van der Waals surface area (Å²) in [4.78, 5) is 0. The fraction of sp³-hybridized carbons (Fsp3) is 0.667. The highest BCUT2D eigenvalue weighted by molar-refractivity contribution is 5.01. The lowest BCUT2D eigenvalue weighted by Gasteiger charge is -2.04. The van der Waals surface area contributed by atoms with E-state index in [2.05, 4.69) is 18.9 Å². The fourth-order valence-corrected chi connectivity index (χ4v) is 1.08. The van der Waals surface area contributed by atoms with Gasteiger partial charge in [0.05, 0.1) is 11.8 Å². The lowest BCUT2D eigenvalue weighted by atomic mass is 10.2. The first-order valence-corrected chi connectivity index (χ1v) is 4.31. The van der Waals surface area contributed by atoms with Crippen LogP contribution in [0.3, 0.4) is 0 Å². The van der Waals surface area contributed by atoms with Gasteiger partial charge >= 0.3 is 0 Å². The van der Waals surface area contributed by atoms with Crippen LogP contribution < -0.4 is 0 Å². The van der Waals surface area contributed by atoms with Crippen LogP contribution in [0, 0.1) is 5.92 Å². The van der Waals surface area contributed by atoms with Gasteiger partial charge in [0, 0.05) is 12.7 Å². The Kier molecular flexibility index (Phi) is 2.87. The average Bonchev–Trinajstić information content (AvgIpc) is 2.34. The maximum atomic E-state index is 9.20. The molecule has 1 aromatic heterocycles. The summed E-state index contributed by atoms with van der Waals surface area (Å²) in [7, 11) is 0. The van der Waals surface area contributed by atoms with E-state index < -0.39 is 6.10 Å². The van der Waals surface area contributed by atoms with Gasteiger partial charge < -0.3 is 5.11 Å². The molecule has 1 rings (SSSR count). The van der Waals surface area contributed by atoms with Crippen LogP contribution >= 0.6 is 0 Å². The SMILES string of the molecule is CC(C)Cn1ccc(C(C)O)n1. The Morgan fingerprint density at radius 3 is 2.58 bits per heavy atom. The Morgan fingerprint density at radius 2 is 2.17 bits per heavy atom. The van der Waals surface area contributed by atoms with Crippen molar-refractivity contribution in [2.24, 2.45) is 5.92 Å². The van der Waals surface area contributed by atoms with Gasteiger partial charge in [0.25, 0.3) is 0 Å². The lowest BCUT2D eigenvalue weighted by Crippen LogP contribution is -2.05. The van der Waals surface area contributed by atoms with E-state index in [9.17, 15) is 5.11 Å². The van der Waals surface area contributed by atoms with Gasteiger partial charge in [-0.1, -0.05) is 13.8 Å². The molecule has 0 aliphatic heterocycles. The maximum absolute atomic E-state index is 9.20. The predicted octanol–water partition coefficient (Wildman–Crippen LogP) is 1.59. The third-order valence-corrected chi connectivity index (χ3v) is 1.64. The molecule has 0 spiro atoms. The van der Waals surface area contributed by atoms with Gasteiger partial charge in [0.2, 0.25) is 0 Å². The number of nitrogens with zero attached hydrogens (tertiary/aromatic N) is 2. The van der Waals surface area contributed by atoms with E-state index in [0.717, 1.165) is 12.2 Å². The van der Waals surface area contributed by atoms with Crippen molar-refractivity contribution in [1.82, 2.24) is 9.78 Å². The van der Waals surface area contributed by atoms with Crippen LogP contribution in [0.25, 0.3) is 0 Å². The van der Waals surface area contributed by atoms with Crippen LogP contribution in [0.15, 0.2) is 12.3 Å². The molecule has 1 heterocycles. The van der Waals surface area contributed by atoms with Gasteiger partial charge in [0.1, 0.15) is 0 Å². The number of aromatic nitrogens is 2. The van der Waals surface area contributed by atoms with Gasteiger partial charge in [-0.05, 0) is 18.9 Å². The normalized spacial score (nSPS) is 13.8. The van der Waals surface area contributed by atoms with Gasteiger partial charge in [-0.3, -0.25) is 4.68 Å². The molecule has 12 heavy (non-hydrogen) atoms. The molecule has 0 aliphatic rings. The van der Waals surface area contributed by atoms with Crippen molar-refractivity contribution in [2.75, 3.05) is 0 Å². The molecule has 0 amide bonds. The number of hydrogen-bond acceptors (Lipinski definition) is 2. The molecule has 1 atom stereocenters. The number of hydrogen-bond donors (Lipinski definition) is 1. The van der Waals surface area contributed by atoms with Crippen LogP contribution in [0.4, 0.5) is 0 Å². The molecule has 0 aromatic carbocycles. The van der Waals surface area contributed by atoms with Crippen LogP contribution in [0.1, 0.15) is 32.6 Å². The Morgan fingerprint density at radius 1 is 1.50 bits per heavy atom. The molecule has 1 unspecified atom stereocenters. The van der Waals surface area contributed by atoms with Crippen LogP contribution in [-0.4, -0.2) is 14.9 Å². The zero-order valence-corrected chi connectivity index (χ0v) is 7.86. The Balaban J connectivity index is 2.64. The van der Waals surface area contributed by atoms with Gasteiger partial charge in [-0.15, -0.1) is 0 Å². The monoisotopic (exact) mass is 168 g/mol. The van der Waals surface area contributed by atoms with Crippen molar-refractivity contribution in [1.29, 1.82) is 0 Å². The molecule has 1 N–H and O–H groups in total. The standard InChI is InChI=1S/C9H16N2O/c1-7(2)6-11-5-4-9(10-11)8(3)12/h4-5,7-8,12H,6H2,1-3H3. The van der Waals surface area contributed by atoms with Crippen LogP contribution in [-0.2, 0) is 6.54 Å². The molecule has 0 saturated carbocycles. The number of rotatable bonds is 3. The Labute approximate surface area is 73.0 Å². The summed E-state index contributed by atoms with van der Waals surface area (Å²) in [5, 5.41) is 13.4. The third-order valence-electron chi connectivity index (χ3n) is 1.64. The van der Waals surface area contributed by atoms with Gasteiger partial charge in [-0.25, -0.2) is 0 Å². The molecular formula is C9H16N2O. The molecule has 0 bridgehead atoms. The quantitative estimate of drug-likeness (QED) is 0.744. The summed E-state index contributed by atoms with van der Waals surface area (Å²) in [5.74, 6) is 0.590. The van der Waals surface area contributed by atoms with Crippen molar-refractivity contribution in [2.45, 2.75) is 33.4 Å². The molecule has 0 radical (unpaired) electrons. The highest BCUT2D eigenvalue weighted by Crippen LogP contribution is 2.08. The average molecular weight is 168 g/mol. The van der Waals surface area contributed by atoms with E-state index in [1.54, 1.807) is 6.92 Å². The van der Waals surface area contributed by atoms with Crippen LogP contribution in [0.2, 0.25) is 0 Å². The van der Waals surface area contributed by atoms with Crippen LogP contribution in [0.5, 0.6) is 0 Å². The van der Waals surface area contributed by atoms with Crippen molar-refractivity contribution in [3.05, 3.63) is 18.0 Å². The molecule has 0 aliphatic carbocycles. The zero-order chi connectivity index (χ0) is 9.14. The second-order valence-corrected chi connectivity index (χ2v) is 3.53. The smallest absolute Gasteiger partial charge is 0.0950 e.